The van der Waals surface area contributed by atoms with Gasteiger partial charge in [0.1, 0.15) is 0 Å². The van der Waals surface area contributed by atoms with Gasteiger partial charge in [-0.25, -0.2) is 4.37 Å². The Labute approximate surface area is 156 Å². The molecule has 0 aliphatic carbocycles. The van der Waals surface area contributed by atoms with Gasteiger partial charge in [-0.2, -0.15) is 0 Å². The highest BCUT2D eigenvalue weighted by molar-refractivity contribution is 7.03. The van der Waals surface area contributed by atoms with Gasteiger partial charge in [-0.05, 0) is 24.5 Å². The first-order valence-corrected chi connectivity index (χ1v) is 9.49. The number of amides is 2. The maximum atomic E-state index is 12.9. The molecule has 2 atom stereocenters. The van der Waals surface area contributed by atoms with E-state index in [-0.39, 0.29) is 24.3 Å². The Balaban J connectivity index is 1.51. The average Bonchev–Trinajstić information content (AvgIpc) is 3.38. The molecule has 2 saturated heterocycles. The van der Waals surface area contributed by atoms with Gasteiger partial charge < -0.3 is 19.5 Å². The Bertz CT molecular complexity index is 847. The average molecular weight is 374 g/mol. The lowest BCUT2D eigenvalue weighted by molar-refractivity contribution is 0.0666. The standard InChI is InChI=1S/C18H22N4O3S/c1-12-15(3-4-20(12)2)17(25)22-7-14-6-21(9-18(14,10-22)11-23)16(24)13-5-19-26-8-13/h3-5,8,14,23H,6-7,9-11H2,1-2H3. The van der Waals surface area contributed by atoms with Crippen LogP contribution < -0.4 is 0 Å². The molecule has 0 bridgehead atoms. The Morgan fingerprint density at radius 3 is 2.50 bits per heavy atom. The molecule has 2 amide bonds. The molecule has 4 heterocycles. The van der Waals surface area contributed by atoms with Crippen LogP contribution in [0.5, 0.6) is 0 Å². The Morgan fingerprint density at radius 2 is 2.00 bits per heavy atom. The quantitative estimate of drug-likeness (QED) is 0.869. The molecule has 4 rings (SSSR count). The highest BCUT2D eigenvalue weighted by Crippen LogP contribution is 2.43. The van der Waals surface area contributed by atoms with Gasteiger partial charge >= 0.3 is 0 Å². The van der Waals surface area contributed by atoms with Gasteiger partial charge in [-0.3, -0.25) is 9.59 Å². The van der Waals surface area contributed by atoms with Crippen molar-refractivity contribution in [2.24, 2.45) is 18.4 Å². The minimum Gasteiger partial charge on any atom is -0.396 e. The summed E-state index contributed by atoms with van der Waals surface area (Å²) in [4.78, 5) is 29.1. The number of fused-ring (bicyclic) bond motifs is 1. The molecule has 138 valence electrons. The van der Waals surface area contributed by atoms with Crippen LogP contribution in [-0.4, -0.2) is 68.4 Å². The molecule has 2 aromatic rings. The first-order valence-electron chi connectivity index (χ1n) is 8.66. The summed E-state index contributed by atoms with van der Waals surface area (Å²) in [5, 5.41) is 11.8. The van der Waals surface area contributed by atoms with Gasteiger partial charge in [0.05, 0.1) is 23.9 Å². The van der Waals surface area contributed by atoms with Crippen molar-refractivity contribution in [3.63, 3.8) is 0 Å². The second-order valence-corrected chi connectivity index (χ2v) is 8.08. The number of carbonyl (C=O) groups excluding carboxylic acids is 2. The highest BCUT2D eigenvalue weighted by Gasteiger charge is 2.54. The van der Waals surface area contributed by atoms with Crippen LogP contribution in [0.1, 0.15) is 26.4 Å². The van der Waals surface area contributed by atoms with Crippen molar-refractivity contribution in [2.75, 3.05) is 32.8 Å². The smallest absolute Gasteiger partial charge is 0.256 e. The van der Waals surface area contributed by atoms with Crippen molar-refractivity contribution < 1.29 is 14.7 Å². The first-order chi connectivity index (χ1) is 12.4. The lowest BCUT2D eigenvalue weighted by Gasteiger charge is -2.27. The molecule has 0 spiro atoms. The van der Waals surface area contributed by atoms with E-state index in [9.17, 15) is 14.7 Å². The summed E-state index contributed by atoms with van der Waals surface area (Å²) in [6, 6.07) is 1.84. The molecule has 1 N–H and O–H groups in total. The third-order valence-corrected chi connectivity index (χ3v) is 6.53. The Hall–Kier alpha value is -2.19. The third kappa shape index (κ3) is 2.55. The minimum absolute atomic E-state index is 0.00485. The molecule has 26 heavy (non-hydrogen) atoms. The lowest BCUT2D eigenvalue weighted by Crippen LogP contribution is -2.40. The largest absolute Gasteiger partial charge is 0.396 e. The maximum absolute atomic E-state index is 12.9. The van der Waals surface area contributed by atoms with Crippen LogP contribution in [0.25, 0.3) is 0 Å². The maximum Gasteiger partial charge on any atom is 0.256 e. The molecule has 7 nitrogen and oxygen atoms in total. The lowest BCUT2D eigenvalue weighted by atomic mass is 9.82. The molecule has 0 radical (unpaired) electrons. The number of hydrogen-bond donors (Lipinski definition) is 1. The number of carbonyl (C=O) groups is 2. The number of nitrogens with zero attached hydrogens (tertiary/aromatic N) is 4. The summed E-state index contributed by atoms with van der Waals surface area (Å²) in [6.45, 7) is 3.99. The second-order valence-electron chi connectivity index (χ2n) is 7.43. The van der Waals surface area contributed by atoms with Crippen molar-refractivity contribution in [2.45, 2.75) is 6.92 Å². The number of aliphatic hydroxyl groups is 1. The normalized spacial score (nSPS) is 25.0. The second kappa shape index (κ2) is 6.21. The van der Waals surface area contributed by atoms with Crippen LogP contribution in [0.4, 0.5) is 0 Å². The zero-order chi connectivity index (χ0) is 18.5. The number of hydrogen-bond acceptors (Lipinski definition) is 5. The van der Waals surface area contributed by atoms with E-state index in [2.05, 4.69) is 4.37 Å². The van der Waals surface area contributed by atoms with E-state index in [1.54, 1.807) is 16.5 Å². The summed E-state index contributed by atoms with van der Waals surface area (Å²) in [5.74, 6) is 0.0546. The van der Waals surface area contributed by atoms with Crippen LogP contribution in [0.2, 0.25) is 0 Å². The zero-order valence-electron chi connectivity index (χ0n) is 14.9. The van der Waals surface area contributed by atoms with E-state index in [1.807, 2.05) is 35.7 Å². The van der Waals surface area contributed by atoms with Crippen molar-refractivity contribution in [1.82, 2.24) is 18.7 Å². The van der Waals surface area contributed by atoms with E-state index in [0.717, 1.165) is 5.69 Å². The number of aromatic nitrogens is 2. The Kier molecular flexibility index (Phi) is 4.11. The molecule has 2 aliphatic rings. The van der Waals surface area contributed by atoms with Crippen LogP contribution in [0, 0.1) is 18.3 Å². The van der Waals surface area contributed by atoms with E-state index in [4.69, 9.17) is 0 Å². The molecule has 0 aromatic carbocycles. The molecule has 0 saturated carbocycles. The molecule has 2 fully saturated rings. The topological polar surface area (TPSA) is 78.7 Å². The SMILES string of the molecule is Cc1c(C(=O)N2CC3CN(C(=O)c4cnsc4)CC3(CO)C2)ccn1C. The highest BCUT2D eigenvalue weighted by atomic mass is 32.1. The van der Waals surface area contributed by atoms with Crippen LogP contribution in [-0.2, 0) is 7.05 Å². The predicted octanol–water partition coefficient (Wildman–Crippen LogP) is 0.997. The van der Waals surface area contributed by atoms with Crippen molar-refractivity contribution in [3.05, 3.63) is 40.7 Å². The summed E-state index contributed by atoms with van der Waals surface area (Å²) in [6.07, 6.45) is 3.47. The monoisotopic (exact) mass is 374 g/mol. The number of aliphatic hydroxyl groups excluding tert-OH is 1. The first kappa shape index (κ1) is 17.2. The van der Waals surface area contributed by atoms with E-state index >= 15 is 0 Å². The van der Waals surface area contributed by atoms with E-state index < -0.39 is 5.41 Å². The third-order valence-electron chi connectivity index (χ3n) is 5.94. The van der Waals surface area contributed by atoms with Gasteiger partial charge in [-0.1, -0.05) is 0 Å². The fourth-order valence-corrected chi connectivity index (χ4v) is 4.72. The number of likely N-dealkylation sites (tertiary alicyclic amines) is 2. The molecule has 8 heteroatoms. The molecular weight excluding hydrogens is 352 g/mol. The minimum atomic E-state index is -0.433. The van der Waals surface area contributed by atoms with Crippen LogP contribution in [0.15, 0.2) is 23.8 Å². The fraction of sp³-hybridized carbons (Fsp3) is 0.500. The van der Waals surface area contributed by atoms with E-state index in [0.29, 0.717) is 37.3 Å². The van der Waals surface area contributed by atoms with Crippen molar-refractivity contribution >= 4 is 23.3 Å². The zero-order valence-corrected chi connectivity index (χ0v) is 15.7. The molecular formula is C18H22N4O3S. The summed E-state index contributed by atoms with van der Waals surface area (Å²) < 4.78 is 5.93. The number of aryl methyl sites for hydroxylation is 1. The van der Waals surface area contributed by atoms with E-state index in [1.165, 1.54) is 11.5 Å². The van der Waals surface area contributed by atoms with Gasteiger partial charge in [-0.15, -0.1) is 0 Å². The molecule has 2 unspecified atom stereocenters. The van der Waals surface area contributed by atoms with Crippen LogP contribution >= 0.6 is 11.5 Å². The summed E-state index contributed by atoms with van der Waals surface area (Å²) in [5.41, 5.74) is 1.80. The molecule has 2 aromatic heterocycles. The van der Waals surface area contributed by atoms with Crippen LogP contribution in [0.3, 0.4) is 0 Å². The number of rotatable bonds is 3. The summed E-state index contributed by atoms with van der Waals surface area (Å²) in [7, 11) is 1.92. The van der Waals surface area contributed by atoms with Crippen molar-refractivity contribution in [1.29, 1.82) is 0 Å². The predicted molar refractivity (Wildman–Crippen MR) is 97.1 cm³/mol. The fourth-order valence-electron chi connectivity index (χ4n) is 4.21. The van der Waals surface area contributed by atoms with Gasteiger partial charge in [0.25, 0.3) is 11.8 Å². The van der Waals surface area contributed by atoms with Crippen molar-refractivity contribution in [3.8, 4) is 0 Å². The van der Waals surface area contributed by atoms with Gasteiger partial charge in [0, 0.05) is 61.8 Å². The molecule has 2 aliphatic heterocycles. The summed E-state index contributed by atoms with van der Waals surface area (Å²) >= 11 is 1.26. The Morgan fingerprint density at radius 1 is 1.31 bits per heavy atom. The van der Waals surface area contributed by atoms with Gasteiger partial charge in [0.15, 0.2) is 0 Å². The van der Waals surface area contributed by atoms with Gasteiger partial charge in [0.2, 0.25) is 0 Å².